The van der Waals surface area contributed by atoms with Gasteiger partial charge >= 0.3 is 5.97 Å². The van der Waals surface area contributed by atoms with Crippen molar-refractivity contribution in [3.05, 3.63) is 38.1 Å². The van der Waals surface area contributed by atoms with Gasteiger partial charge in [-0.3, -0.25) is 14.9 Å². The van der Waals surface area contributed by atoms with Crippen LogP contribution < -0.4 is 0 Å². The van der Waals surface area contributed by atoms with Crippen LogP contribution in [0.15, 0.2) is 16.6 Å². The summed E-state index contributed by atoms with van der Waals surface area (Å²) in [7, 11) is 0. The number of hydrogen-bond donors (Lipinski definition) is 0. The van der Waals surface area contributed by atoms with Gasteiger partial charge in [-0.25, -0.2) is 4.39 Å². The lowest BCUT2D eigenvalue weighted by Crippen LogP contribution is -2.10. The lowest BCUT2D eigenvalue weighted by atomic mass is 10.1. The predicted molar refractivity (Wildman–Crippen MR) is 61.1 cm³/mol. The van der Waals surface area contributed by atoms with Gasteiger partial charge in [-0.2, -0.15) is 0 Å². The fourth-order valence-electron chi connectivity index (χ4n) is 1.28. The number of carbonyl (C=O) groups excluding carboxylic acids is 1. The van der Waals surface area contributed by atoms with Crippen molar-refractivity contribution in [1.29, 1.82) is 0 Å². The second-order valence-electron chi connectivity index (χ2n) is 3.12. The molecule has 0 radical (unpaired) electrons. The van der Waals surface area contributed by atoms with Crippen molar-refractivity contribution >= 4 is 27.6 Å². The number of nitro groups is 1. The number of rotatable bonds is 4. The first-order chi connectivity index (χ1) is 7.95. The molecule has 92 valence electrons. The highest BCUT2D eigenvalue weighted by atomic mass is 79.9. The van der Waals surface area contributed by atoms with Gasteiger partial charge in [-0.15, -0.1) is 0 Å². The van der Waals surface area contributed by atoms with Gasteiger partial charge in [0.05, 0.1) is 29.6 Å². The van der Waals surface area contributed by atoms with Gasteiger partial charge in [0.25, 0.3) is 5.69 Å². The van der Waals surface area contributed by atoms with Gasteiger partial charge in [0.2, 0.25) is 0 Å². The van der Waals surface area contributed by atoms with Crippen LogP contribution in [0.3, 0.4) is 0 Å². The minimum Gasteiger partial charge on any atom is -0.466 e. The molecule has 0 saturated carbocycles. The zero-order chi connectivity index (χ0) is 13.0. The number of nitrogens with zero attached hydrogens (tertiary/aromatic N) is 1. The van der Waals surface area contributed by atoms with Crippen LogP contribution in [0, 0.1) is 15.9 Å². The van der Waals surface area contributed by atoms with E-state index in [2.05, 4.69) is 20.7 Å². The highest BCUT2D eigenvalue weighted by Crippen LogP contribution is 2.28. The summed E-state index contributed by atoms with van der Waals surface area (Å²) in [5.41, 5.74) is -0.334. The topological polar surface area (TPSA) is 69.4 Å². The van der Waals surface area contributed by atoms with Gasteiger partial charge in [0, 0.05) is 4.47 Å². The van der Waals surface area contributed by atoms with Gasteiger partial charge in [-0.05, 0) is 13.0 Å². The summed E-state index contributed by atoms with van der Waals surface area (Å²) in [4.78, 5) is 21.3. The Morgan fingerprint density at radius 1 is 1.59 bits per heavy atom. The molecule has 0 atom stereocenters. The van der Waals surface area contributed by atoms with Crippen LogP contribution in [-0.2, 0) is 16.0 Å². The van der Waals surface area contributed by atoms with Gasteiger partial charge in [0.1, 0.15) is 5.82 Å². The summed E-state index contributed by atoms with van der Waals surface area (Å²) in [6.07, 6.45) is -0.273. The number of ether oxygens (including phenoxy) is 1. The summed E-state index contributed by atoms with van der Waals surface area (Å²) in [5.74, 6) is -1.33. The molecule has 0 aromatic heterocycles. The van der Waals surface area contributed by atoms with E-state index in [4.69, 9.17) is 0 Å². The first-order valence-electron chi connectivity index (χ1n) is 4.73. The number of benzene rings is 1. The largest absolute Gasteiger partial charge is 0.466 e. The van der Waals surface area contributed by atoms with Crippen LogP contribution in [0.5, 0.6) is 0 Å². The molecular weight excluding hydrogens is 297 g/mol. The smallest absolute Gasteiger partial charge is 0.310 e. The van der Waals surface area contributed by atoms with Crippen molar-refractivity contribution in [2.45, 2.75) is 13.3 Å². The average Bonchev–Trinajstić information content (AvgIpc) is 2.21. The standard InChI is InChI=1S/C10H9BrFNO4/c1-2-17-10(14)5-7-8(11)3-6(12)4-9(7)13(15)16/h3-4H,2,5H2,1H3. The number of esters is 1. The van der Waals surface area contributed by atoms with E-state index in [1.54, 1.807) is 6.92 Å². The van der Waals surface area contributed by atoms with Crippen molar-refractivity contribution in [2.75, 3.05) is 6.61 Å². The molecule has 0 N–H and O–H groups in total. The van der Waals surface area contributed by atoms with Crippen LogP contribution in [-0.4, -0.2) is 17.5 Å². The van der Waals surface area contributed by atoms with Crippen molar-refractivity contribution < 1.29 is 18.8 Å². The fraction of sp³-hybridized carbons (Fsp3) is 0.300. The lowest BCUT2D eigenvalue weighted by molar-refractivity contribution is -0.385. The van der Waals surface area contributed by atoms with Gasteiger partial charge < -0.3 is 4.74 Å². The summed E-state index contributed by atoms with van der Waals surface area (Å²) in [5, 5.41) is 10.7. The summed E-state index contributed by atoms with van der Waals surface area (Å²) >= 11 is 2.99. The highest BCUT2D eigenvalue weighted by Gasteiger charge is 2.21. The Balaban J connectivity index is 3.12. The SMILES string of the molecule is CCOC(=O)Cc1c(Br)cc(F)cc1[N+](=O)[O-]. The van der Waals surface area contributed by atoms with Crippen molar-refractivity contribution in [3.8, 4) is 0 Å². The number of hydrogen-bond acceptors (Lipinski definition) is 4. The molecule has 1 rings (SSSR count). The minimum atomic E-state index is -0.740. The Labute approximate surface area is 105 Å². The van der Waals surface area contributed by atoms with E-state index in [1.807, 2.05) is 0 Å². The van der Waals surface area contributed by atoms with Crippen LogP contribution in [0.4, 0.5) is 10.1 Å². The molecule has 0 saturated heterocycles. The molecule has 0 aliphatic carbocycles. The normalized spacial score (nSPS) is 10.1. The molecule has 0 spiro atoms. The molecule has 5 nitrogen and oxygen atoms in total. The van der Waals surface area contributed by atoms with E-state index in [0.29, 0.717) is 0 Å². The predicted octanol–water partition coefficient (Wildman–Crippen LogP) is 2.60. The quantitative estimate of drug-likeness (QED) is 0.487. The monoisotopic (exact) mass is 305 g/mol. The molecule has 17 heavy (non-hydrogen) atoms. The lowest BCUT2D eigenvalue weighted by Gasteiger charge is -2.05. The third-order valence-electron chi connectivity index (χ3n) is 1.96. The van der Waals surface area contributed by atoms with Crippen LogP contribution >= 0.6 is 15.9 Å². The highest BCUT2D eigenvalue weighted by molar-refractivity contribution is 9.10. The van der Waals surface area contributed by atoms with E-state index in [9.17, 15) is 19.3 Å². The second kappa shape index (κ2) is 5.72. The Kier molecular flexibility index (Phi) is 4.56. The molecule has 0 heterocycles. The van der Waals surface area contributed by atoms with Gasteiger partial charge in [-0.1, -0.05) is 15.9 Å². The van der Waals surface area contributed by atoms with E-state index in [-0.39, 0.29) is 23.1 Å². The number of carbonyl (C=O) groups is 1. The Morgan fingerprint density at radius 2 is 2.24 bits per heavy atom. The zero-order valence-corrected chi connectivity index (χ0v) is 10.5. The maximum atomic E-state index is 13.0. The Morgan fingerprint density at radius 3 is 2.76 bits per heavy atom. The third kappa shape index (κ3) is 3.48. The summed E-state index contributed by atoms with van der Waals surface area (Å²) in [6, 6.07) is 1.85. The van der Waals surface area contributed by atoms with Crippen molar-refractivity contribution in [1.82, 2.24) is 0 Å². The molecule has 0 aliphatic rings. The Bertz CT molecular complexity index is 464. The van der Waals surface area contributed by atoms with E-state index in [1.165, 1.54) is 0 Å². The minimum absolute atomic E-state index is 0.106. The first-order valence-corrected chi connectivity index (χ1v) is 5.53. The molecular formula is C10H9BrFNO4. The maximum Gasteiger partial charge on any atom is 0.310 e. The van der Waals surface area contributed by atoms with Crippen LogP contribution in [0.25, 0.3) is 0 Å². The summed E-state index contributed by atoms with van der Waals surface area (Å²) in [6.45, 7) is 1.82. The average molecular weight is 306 g/mol. The van der Waals surface area contributed by atoms with Crippen LogP contribution in [0.2, 0.25) is 0 Å². The molecule has 1 aromatic rings. The molecule has 0 unspecified atom stereocenters. The molecule has 0 bridgehead atoms. The maximum absolute atomic E-state index is 13.0. The third-order valence-corrected chi connectivity index (χ3v) is 2.67. The van der Waals surface area contributed by atoms with Crippen molar-refractivity contribution in [2.24, 2.45) is 0 Å². The first kappa shape index (κ1) is 13.6. The summed E-state index contributed by atoms with van der Waals surface area (Å²) < 4.78 is 17.9. The molecule has 0 aliphatic heterocycles. The molecule has 7 heteroatoms. The molecule has 0 amide bonds. The molecule has 1 aromatic carbocycles. The van der Waals surface area contributed by atoms with E-state index >= 15 is 0 Å². The molecule has 0 fully saturated rings. The van der Waals surface area contributed by atoms with E-state index in [0.717, 1.165) is 12.1 Å². The van der Waals surface area contributed by atoms with Crippen LogP contribution in [0.1, 0.15) is 12.5 Å². The van der Waals surface area contributed by atoms with Gasteiger partial charge in [0.15, 0.2) is 0 Å². The van der Waals surface area contributed by atoms with Crippen molar-refractivity contribution in [3.63, 3.8) is 0 Å². The van der Waals surface area contributed by atoms with E-state index < -0.39 is 22.4 Å². The second-order valence-corrected chi connectivity index (χ2v) is 3.98. The zero-order valence-electron chi connectivity index (χ0n) is 8.91. The number of nitro benzene ring substituents is 1. The number of halogens is 2. The Hall–Kier alpha value is -1.50. The fourth-order valence-corrected chi connectivity index (χ4v) is 1.85.